The summed E-state index contributed by atoms with van der Waals surface area (Å²) < 4.78 is 0. The quantitative estimate of drug-likeness (QED) is 0.703. The minimum Gasteiger partial charge on any atom is -0.393 e. The molecule has 0 aliphatic carbocycles. The Labute approximate surface area is 85.8 Å². The second-order valence-electron chi connectivity index (χ2n) is 3.42. The fourth-order valence-corrected chi connectivity index (χ4v) is 1.37. The highest BCUT2D eigenvalue weighted by atomic mass is 16.3. The first-order chi connectivity index (χ1) is 6.83. The molecule has 1 rings (SSSR count). The van der Waals surface area contributed by atoms with Crippen LogP contribution in [-0.2, 0) is 6.42 Å². The molecule has 14 heavy (non-hydrogen) atoms. The third kappa shape index (κ3) is 4.11. The molecular formula is C13H16O. The van der Waals surface area contributed by atoms with Gasteiger partial charge in [0, 0.05) is 6.42 Å². The zero-order chi connectivity index (χ0) is 10.2. The van der Waals surface area contributed by atoms with Gasteiger partial charge >= 0.3 is 0 Å². The molecule has 0 aliphatic heterocycles. The Hall–Kier alpha value is -1.26. The molecule has 0 saturated heterocycles. The highest BCUT2D eigenvalue weighted by molar-refractivity contribution is 5.14. The highest BCUT2D eigenvalue weighted by Gasteiger charge is 2.02. The zero-order valence-corrected chi connectivity index (χ0v) is 8.32. The lowest BCUT2D eigenvalue weighted by molar-refractivity contribution is 0.157. The van der Waals surface area contributed by atoms with Crippen LogP contribution in [-0.4, -0.2) is 11.2 Å². The van der Waals surface area contributed by atoms with Crippen LogP contribution in [0.25, 0.3) is 0 Å². The summed E-state index contributed by atoms with van der Waals surface area (Å²) in [7, 11) is 0. The van der Waals surface area contributed by atoms with Crippen LogP contribution >= 0.6 is 0 Å². The average Bonchev–Trinajstić information content (AvgIpc) is 2.25. The van der Waals surface area contributed by atoms with Gasteiger partial charge in [0.2, 0.25) is 0 Å². The standard InChI is InChI=1S/C13H16O/c1-2-3-9-13(14)11-10-12-7-5-4-6-8-12/h1,4-8,13-14H,3,9-11H2. The summed E-state index contributed by atoms with van der Waals surface area (Å²) in [5.74, 6) is 2.54. The fraction of sp³-hybridized carbons (Fsp3) is 0.385. The Kier molecular flexibility index (Phi) is 4.82. The number of aliphatic hydroxyl groups excluding tert-OH is 1. The summed E-state index contributed by atoms with van der Waals surface area (Å²) >= 11 is 0. The second-order valence-corrected chi connectivity index (χ2v) is 3.42. The van der Waals surface area contributed by atoms with E-state index in [4.69, 9.17) is 6.42 Å². The maximum absolute atomic E-state index is 9.55. The van der Waals surface area contributed by atoms with Gasteiger partial charge in [-0.3, -0.25) is 0 Å². The SMILES string of the molecule is C#CCCC(O)CCc1ccccc1. The molecule has 0 fully saturated rings. The summed E-state index contributed by atoms with van der Waals surface area (Å²) in [5.41, 5.74) is 1.27. The predicted octanol–water partition coefficient (Wildman–Crippen LogP) is 2.39. The minimum absolute atomic E-state index is 0.258. The van der Waals surface area contributed by atoms with Crippen LogP contribution in [0.5, 0.6) is 0 Å². The van der Waals surface area contributed by atoms with Crippen LogP contribution in [0.4, 0.5) is 0 Å². The number of benzene rings is 1. The lowest BCUT2D eigenvalue weighted by Gasteiger charge is -2.08. The fourth-order valence-electron chi connectivity index (χ4n) is 1.37. The monoisotopic (exact) mass is 188 g/mol. The number of hydrogen-bond acceptors (Lipinski definition) is 1. The van der Waals surface area contributed by atoms with E-state index in [-0.39, 0.29) is 6.10 Å². The molecule has 0 bridgehead atoms. The number of hydrogen-bond donors (Lipinski definition) is 1. The zero-order valence-electron chi connectivity index (χ0n) is 8.32. The van der Waals surface area contributed by atoms with Gasteiger partial charge in [0.05, 0.1) is 6.10 Å². The molecule has 0 aliphatic rings. The molecule has 1 heteroatoms. The van der Waals surface area contributed by atoms with Crippen molar-refractivity contribution in [1.82, 2.24) is 0 Å². The molecule has 1 nitrogen and oxygen atoms in total. The van der Waals surface area contributed by atoms with Gasteiger partial charge in [0.1, 0.15) is 0 Å². The summed E-state index contributed by atoms with van der Waals surface area (Å²) in [6.45, 7) is 0. The molecule has 0 spiro atoms. The van der Waals surface area contributed by atoms with Gasteiger partial charge in [-0.2, -0.15) is 0 Å². The van der Waals surface area contributed by atoms with Crippen LogP contribution < -0.4 is 0 Å². The van der Waals surface area contributed by atoms with Crippen molar-refractivity contribution in [3.63, 3.8) is 0 Å². The van der Waals surface area contributed by atoms with E-state index < -0.39 is 0 Å². The Morgan fingerprint density at radius 3 is 2.57 bits per heavy atom. The van der Waals surface area contributed by atoms with Crippen molar-refractivity contribution >= 4 is 0 Å². The summed E-state index contributed by atoms with van der Waals surface area (Å²) in [6, 6.07) is 10.2. The molecule has 0 saturated carbocycles. The van der Waals surface area contributed by atoms with E-state index in [1.54, 1.807) is 0 Å². The molecule has 1 N–H and O–H groups in total. The molecular weight excluding hydrogens is 172 g/mol. The van der Waals surface area contributed by atoms with E-state index in [0.717, 1.165) is 12.8 Å². The van der Waals surface area contributed by atoms with Crippen molar-refractivity contribution in [2.45, 2.75) is 31.8 Å². The first kappa shape index (κ1) is 10.8. The molecule has 0 aromatic heterocycles. The first-order valence-electron chi connectivity index (χ1n) is 4.98. The molecule has 74 valence electrons. The van der Waals surface area contributed by atoms with Crippen molar-refractivity contribution in [2.75, 3.05) is 0 Å². The summed E-state index contributed by atoms with van der Waals surface area (Å²) in [6.07, 6.45) is 7.96. The number of aryl methyl sites for hydroxylation is 1. The van der Waals surface area contributed by atoms with Crippen molar-refractivity contribution in [3.05, 3.63) is 35.9 Å². The largest absolute Gasteiger partial charge is 0.393 e. The smallest absolute Gasteiger partial charge is 0.0552 e. The number of rotatable bonds is 5. The third-order valence-electron chi connectivity index (χ3n) is 2.23. The van der Waals surface area contributed by atoms with Gasteiger partial charge in [-0.15, -0.1) is 12.3 Å². The van der Waals surface area contributed by atoms with Crippen LogP contribution in [0.2, 0.25) is 0 Å². The molecule has 1 aromatic rings. The maximum Gasteiger partial charge on any atom is 0.0552 e. The maximum atomic E-state index is 9.55. The van der Waals surface area contributed by atoms with Gasteiger partial charge in [-0.05, 0) is 24.8 Å². The van der Waals surface area contributed by atoms with Crippen molar-refractivity contribution in [3.8, 4) is 12.3 Å². The topological polar surface area (TPSA) is 20.2 Å². The van der Waals surface area contributed by atoms with E-state index in [1.807, 2.05) is 18.2 Å². The number of terminal acetylenes is 1. The van der Waals surface area contributed by atoms with Crippen LogP contribution in [0.1, 0.15) is 24.8 Å². The van der Waals surface area contributed by atoms with E-state index in [1.165, 1.54) is 5.56 Å². The van der Waals surface area contributed by atoms with E-state index in [0.29, 0.717) is 12.8 Å². The molecule has 0 radical (unpaired) electrons. The van der Waals surface area contributed by atoms with E-state index >= 15 is 0 Å². The van der Waals surface area contributed by atoms with Crippen molar-refractivity contribution < 1.29 is 5.11 Å². The second kappa shape index (κ2) is 6.23. The minimum atomic E-state index is -0.258. The summed E-state index contributed by atoms with van der Waals surface area (Å²) in [4.78, 5) is 0. The first-order valence-corrected chi connectivity index (χ1v) is 4.98. The Morgan fingerprint density at radius 2 is 1.93 bits per heavy atom. The van der Waals surface area contributed by atoms with Crippen molar-refractivity contribution in [1.29, 1.82) is 0 Å². The average molecular weight is 188 g/mol. The van der Waals surface area contributed by atoms with E-state index in [9.17, 15) is 5.11 Å². The summed E-state index contributed by atoms with van der Waals surface area (Å²) in [5, 5.41) is 9.55. The number of aliphatic hydroxyl groups is 1. The van der Waals surface area contributed by atoms with Gasteiger partial charge in [0.25, 0.3) is 0 Å². The van der Waals surface area contributed by atoms with Crippen LogP contribution in [0.3, 0.4) is 0 Å². The lowest BCUT2D eigenvalue weighted by Crippen LogP contribution is -2.07. The van der Waals surface area contributed by atoms with Crippen LogP contribution in [0, 0.1) is 12.3 Å². The lowest BCUT2D eigenvalue weighted by atomic mass is 10.0. The predicted molar refractivity (Wildman–Crippen MR) is 58.8 cm³/mol. The van der Waals surface area contributed by atoms with Crippen LogP contribution in [0.15, 0.2) is 30.3 Å². The third-order valence-corrected chi connectivity index (χ3v) is 2.23. The molecule has 1 atom stereocenters. The normalized spacial score (nSPS) is 12.0. The van der Waals surface area contributed by atoms with Gasteiger partial charge in [-0.1, -0.05) is 30.3 Å². The van der Waals surface area contributed by atoms with Gasteiger partial charge in [-0.25, -0.2) is 0 Å². The molecule has 0 heterocycles. The van der Waals surface area contributed by atoms with Gasteiger partial charge < -0.3 is 5.11 Å². The highest BCUT2D eigenvalue weighted by Crippen LogP contribution is 2.07. The Bertz CT molecular complexity index is 284. The molecule has 1 unspecified atom stereocenters. The Balaban J connectivity index is 2.24. The molecule has 1 aromatic carbocycles. The van der Waals surface area contributed by atoms with E-state index in [2.05, 4.69) is 18.1 Å². The Morgan fingerprint density at radius 1 is 1.21 bits per heavy atom. The van der Waals surface area contributed by atoms with Gasteiger partial charge in [0.15, 0.2) is 0 Å². The van der Waals surface area contributed by atoms with Crippen molar-refractivity contribution in [2.24, 2.45) is 0 Å². The molecule has 0 amide bonds.